The first-order valence-electron chi connectivity index (χ1n) is 7.96. The molecule has 0 spiro atoms. The van der Waals surface area contributed by atoms with Crippen molar-refractivity contribution in [1.82, 2.24) is 0 Å². The molecule has 0 bridgehead atoms. The highest BCUT2D eigenvalue weighted by Crippen LogP contribution is 2.16. The molecule has 2 nitrogen and oxygen atoms in total. The fraction of sp³-hybridized carbons (Fsp3) is 0.421. The minimum atomic E-state index is -0.332. The lowest BCUT2D eigenvalue weighted by atomic mass is 10.0. The van der Waals surface area contributed by atoms with E-state index in [1.165, 1.54) is 37.5 Å². The van der Waals surface area contributed by atoms with Crippen LogP contribution in [-0.2, 0) is 9.53 Å². The van der Waals surface area contributed by atoms with Crippen molar-refractivity contribution in [3.05, 3.63) is 53.4 Å². The number of carbonyl (C=O) groups excluding carboxylic acids is 1. The molecule has 0 amide bonds. The van der Waals surface area contributed by atoms with Gasteiger partial charge in [-0.15, -0.1) is 0 Å². The number of esters is 1. The van der Waals surface area contributed by atoms with Crippen LogP contribution < -0.4 is 0 Å². The van der Waals surface area contributed by atoms with Gasteiger partial charge in [0.1, 0.15) is 5.82 Å². The molecule has 0 radical (unpaired) electrons. The third-order valence-corrected chi connectivity index (χ3v) is 3.26. The van der Waals surface area contributed by atoms with Crippen LogP contribution in [0.15, 0.2) is 42.0 Å². The number of halogens is 1. The minimum Gasteiger partial charge on any atom is -0.463 e. The van der Waals surface area contributed by atoms with Crippen molar-refractivity contribution < 1.29 is 13.9 Å². The maximum absolute atomic E-state index is 13.0. The Morgan fingerprint density at radius 2 is 1.82 bits per heavy atom. The Hall–Kier alpha value is -1.90. The number of hydrogen-bond donors (Lipinski definition) is 0. The Morgan fingerprint density at radius 1 is 1.09 bits per heavy atom. The molecule has 0 fully saturated rings. The molecule has 0 heterocycles. The molecule has 0 aliphatic heterocycles. The summed E-state index contributed by atoms with van der Waals surface area (Å²) in [5.41, 5.74) is 1.98. The highest BCUT2D eigenvalue weighted by molar-refractivity contribution is 5.82. The van der Waals surface area contributed by atoms with Crippen LogP contribution in [-0.4, -0.2) is 12.6 Å². The molecule has 0 aliphatic carbocycles. The summed E-state index contributed by atoms with van der Waals surface area (Å²) in [7, 11) is 0. The largest absolute Gasteiger partial charge is 0.463 e. The van der Waals surface area contributed by atoms with Gasteiger partial charge in [-0.25, -0.2) is 9.18 Å². The standard InChI is InChI=1S/C19H25FO2/c1-3-5-6-7-8-16(11-14-19(21)22-4-2)15-17-9-12-18(20)13-10-17/h9-15H,3-8H2,1-2H3. The van der Waals surface area contributed by atoms with Crippen molar-refractivity contribution in [3.63, 3.8) is 0 Å². The first-order valence-corrected chi connectivity index (χ1v) is 7.96. The second-order valence-corrected chi connectivity index (χ2v) is 5.17. The van der Waals surface area contributed by atoms with E-state index >= 15 is 0 Å². The van der Waals surface area contributed by atoms with E-state index in [1.54, 1.807) is 25.1 Å². The van der Waals surface area contributed by atoms with E-state index in [0.29, 0.717) is 6.61 Å². The van der Waals surface area contributed by atoms with E-state index < -0.39 is 0 Å². The predicted molar refractivity (Wildman–Crippen MR) is 88.9 cm³/mol. The van der Waals surface area contributed by atoms with Gasteiger partial charge in [0.25, 0.3) is 0 Å². The van der Waals surface area contributed by atoms with Gasteiger partial charge in [0, 0.05) is 6.08 Å². The average Bonchev–Trinajstić information content (AvgIpc) is 2.51. The fourth-order valence-corrected chi connectivity index (χ4v) is 2.10. The lowest BCUT2D eigenvalue weighted by Gasteiger charge is -2.04. The average molecular weight is 304 g/mol. The van der Waals surface area contributed by atoms with E-state index in [4.69, 9.17) is 4.74 Å². The van der Waals surface area contributed by atoms with E-state index in [2.05, 4.69) is 6.92 Å². The third kappa shape index (κ3) is 7.77. The van der Waals surface area contributed by atoms with Crippen LogP contribution in [0.2, 0.25) is 0 Å². The Morgan fingerprint density at radius 3 is 2.45 bits per heavy atom. The monoisotopic (exact) mass is 304 g/mol. The summed E-state index contributed by atoms with van der Waals surface area (Å²) in [4.78, 5) is 11.4. The number of benzene rings is 1. The number of ether oxygens (including phenoxy) is 1. The summed E-state index contributed by atoms with van der Waals surface area (Å²) < 4.78 is 17.9. The summed E-state index contributed by atoms with van der Waals surface area (Å²) >= 11 is 0. The molecule has 0 aromatic heterocycles. The van der Waals surface area contributed by atoms with Crippen LogP contribution in [0.5, 0.6) is 0 Å². The molecule has 1 aromatic carbocycles. The molecule has 1 aromatic rings. The molecular formula is C19H25FO2. The Kier molecular flexibility index (Phi) is 8.89. The molecule has 0 saturated heterocycles. The molecule has 0 atom stereocenters. The minimum absolute atomic E-state index is 0.247. The third-order valence-electron chi connectivity index (χ3n) is 3.26. The number of unbranched alkanes of at least 4 members (excludes halogenated alkanes) is 3. The molecule has 0 unspecified atom stereocenters. The lowest BCUT2D eigenvalue weighted by Crippen LogP contribution is -1.99. The smallest absolute Gasteiger partial charge is 0.330 e. The normalized spacial score (nSPS) is 11.9. The van der Waals surface area contributed by atoms with Gasteiger partial charge in [0.05, 0.1) is 6.61 Å². The molecule has 0 saturated carbocycles. The predicted octanol–water partition coefficient (Wildman–Crippen LogP) is 5.30. The van der Waals surface area contributed by atoms with Gasteiger partial charge >= 0.3 is 5.97 Å². The Bertz CT molecular complexity index is 501. The molecule has 1 rings (SSSR count). The van der Waals surface area contributed by atoms with Crippen molar-refractivity contribution in [2.24, 2.45) is 0 Å². The van der Waals surface area contributed by atoms with Gasteiger partial charge in [-0.3, -0.25) is 0 Å². The zero-order chi connectivity index (χ0) is 16.2. The van der Waals surface area contributed by atoms with Crippen molar-refractivity contribution >= 4 is 12.0 Å². The SMILES string of the molecule is CCCCCCC(C=CC(=O)OCC)=Cc1ccc(F)cc1. The number of allylic oxidation sites excluding steroid dienone is 2. The van der Waals surface area contributed by atoms with Gasteiger partial charge in [-0.2, -0.15) is 0 Å². The van der Waals surface area contributed by atoms with Gasteiger partial charge in [0.15, 0.2) is 0 Å². The summed E-state index contributed by atoms with van der Waals surface area (Å²) in [6.45, 7) is 4.33. The van der Waals surface area contributed by atoms with E-state index in [-0.39, 0.29) is 11.8 Å². The molecule has 3 heteroatoms. The highest BCUT2D eigenvalue weighted by atomic mass is 19.1. The molecule has 0 N–H and O–H groups in total. The van der Waals surface area contributed by atoms with Gasteiger partial charge in [-0.1, -0.05) is 50.5 Å². The van der Waals surface area contributed by atoms with Crippen LogP contribution in [0.25, 0.3) is 6.08 Å². The topological polar surface area (TPSA) is 26.3 Å². The van der Waals surface area contributed by atoms with Crippen molar-refractivity contribution in [2.75, 3.05) is 6.61 Å². The summed E-state index contributed by atoms with van der Waals surface area (Å²) in [6.07, 6.45) is 10.8. The van der Waals surface area contributed by atoms with Crippen LogP contribution in [0.3, 0.4) is 0 Å². The molecule has 22 heavy (non-hydrogen) atoms. The fourth-order valence-electron chi connectivity index (χ4n) is 2.10. The van der Waals surface area contributed by atoms with Crippen LogP contribution in [0.1, 0.15) is 51.5 Å². The lowest BCUT2D eigenvalue weighted by molar-refractivity contribution is -0.137. The van der Waals surface area contributed by atoms with Crippen molar-refractivity contribution in [2.45, 2.75) is 46.0 Å². The Balaban J connectivity index is 2.75. The van der Waals surface area contributed by atoms with Gasteiger partial charge in [0.2, 0.25) is 0 Å². The van der Waals surface area contributed by atoms with E-state index in [1.807, 2.05) is 6.08 Å². The van der Waals surface area contributed by atoms with Crippen LogP contribution >= 0.6 is 0 Å². The first-order chi connectivity index (χ1) is 10.7. The van der Waals surface area contributed by atoms with Crippen LogP contribution in [0, 0.1) is 5.82 Å². The number of carbonyl (C=O) groups is 1. The number of rotatable bonds is 9. The Labute approximate surface area is 132 Å². The van der Waals surface area contributed by atoms with Gasteiger partial charge in [-0.05, 0) is 43.0 Å². The summed E-state index contributed by atoms with van der Waals surface area (Å²) in [6, 6.07) is 6.35. The molecule has 0 aliphatic rings. The summed E-state index contributed by atoms with van der Waals surface area (Å²) in [5.74, 6) is -0.579. The second-order valence-electron chi connectivity index (χ2n) is 5.17. The quantitative estimate of drug-likeness (QED) is 0.268. The second kappa shape index (κ2) is 10.8. The first kappa shape index (κ1) is 18.1. The zero-order valence-electron chi connectivity index (χ0n) is 13.5. The highest BCUT2D eigenvalue weighted by Gasteiger charge is 1.99. The van der Waals surface area contributed by atoms with E-state index in [9.17, 15) is 9.18 Å². The number of hydrogen-bond acceptors (Lipinski definition) is 2. The van der Waals surface area contributed by atoms with Gasteiger partial charge < -0.3 is 4.74 Å². The maximum Gasteiger partial charge on any atom is 0.330 e. The maximum atomic E-state index is 13.0. The zero-order valence-corrected chi connectivity index (χ0v) is 13.5. The summed E-state index contributed by atoms with van der Waals surface area (Å²) in [5, 5.41) is 0. The van der Waals surface area contributed by atoms with E-state index in [0.717, 1.165) is 24.0 Å². The molecule has 120 valence electrons. The van der Waals surface area contributed by atoms with Crippen LogP contribution in [0.4, 0.5) is 4.39 Å². The van der Waals surface area contributed by atoms with Crippen molar-refractivity contribution in [3.8, 4) is 0 Å². The van der Waals surface area contributed by atoms with Crippen molar-refractivity contribution in [1.29, 1.82) is 0 Å². The molecular weight excluding hydrogens is 279 g/mol.